The monoisotopic (exact) mass is 338 g/mol. The van der Waals surface area contributed by atoms with Crippen molar-refractivity contribution in [2.45, 2.75) is 72.6 Å². The average Bonchev–Trinajstić information content (AvgIpc) is 2.54. The molecular formula is C23H30O2. The normalized spacial score (nSPS) is 17.1. The molecular weight excluding hydrogens is 308 g/mol. The first-order valence-electron chi connectivity index (χ1n) is 9.16. The number of benzene rings is 2. The minimum absolute atomic E-state index is 0.132. The summed E-state index contributed by atoms with van der Waals surface area (Å²) in [4.78, 5) is 0. The van der Waals surface area contributed by atoms with Crippen molar-refractivity contribution in [2.75, 3.05) is 0 Å². The maximum absolute atomic E-state index is 10.6. The van der Waals surface area contributed by atoms with Crippen LogP contribution in [-0.4, -0.2) is 10.2 Å². The molecule has 0 aromatic heterocycles. The molecule has 0 fully saturated rings. The van der Waals surface area contributed by atoms with E-state index >= 15 is 0 Å². The molecule has 0 bridgehead atoms. The molecule has 0 radical (unpaired) electrons. The summed E-state index contributed by atoms with van der Waals surface area (Å²) in [5.41, 5.74) is 8.42. The van der Waals surface area contributed by atoms with Crippen molar-refractivity contribution < 1.29 is 10.2 Å². The zero-order valence-electron chi connectivity index (χ0n) is 16.8. The Bertz CT molecular complexity index is 820. The van der Waals surface area contributed by atoms with E-state index in [1.807, 2.05) is 27.7 Å². The third-order valence-electron chi connectivity index (χ3n) is 6.61. The first-order chi connectivity index (χ1) is 11.5. The van der Waals surface area contributed by atoms with Gasteiger partial charge in [0, 0.05) is 10.8 Å². The summed E-state index contributed by atoms with van der Waals surface area (Å²) in [5.74, 6) is 0.783. The molecule has 0 spiro atoms. The van der Waals surface area contributed by atoms with Gasteiger partial charge in [-0.2, -0.15) is 0 Å². The van der Waals surface area contributed by atoms with Crippen molar-refractivity contribution in [3.8, 4) is 11.5 Å². The van der Waals surface area contributed by atoms with Crippen molar-refractivity contribution >= 4 is 0 Å². The molecule has 2 nitrogen and oxygen atoms in total. The van der Waals surface area contributed by atoms with Gasteiger partial charge in [-0.05, 0) is 78.6 Å². The first-order valence-corrected chi connectivity index (χ1v) is 9.16. The molecule has 3 rings (SSSR count). The molecule has 0 saturated heterocycles. The third kappa shape index (κ3) is 2.09. The van der Waals surface area contributed by atoms with Gasteiger partial charge in [-0.1, -0.05) is 39.8 Å². The topological polar surface area (TPSA) is 40.5 Å². The van der Waals surface area contributed by atoms with Crippen molar-refractivity contribution in [1.82, 2.24) is 0 Å². The van der Waals surface area contributed by atoms with Gasteiger partial charge in [0.2, 0.25) is 0 Å². The molecule has 0 atom stereocenters. The molecule has 0 unspecified atom stereocenters. The summed E-state index contributed by atoms with van der Waals surface area (Å²) in [7, 11) is 0. The number of hydrogen-bond acceptors (Lipinski definition) is 2. The minimum atomic E-state index is -0.274. The Balaban J connectivity index is 2.56. The Morgan fingerprint density at radius 1 is 0.760 bits per heavy atom. The second-order valence-electron chi connectivity index (χ2n) is 8.49. The van der Waals surface area contributed by atoms with Gasteiger partial charge in [-0.25, -0.2) is 0 Å². The van der Waals surface area contributed by atoms with Gasteiger partial charge in [0.1, 0.15) is 11.5 Å². The van der Waals surface area contributed by atoms with E-state index in [9.17, 15) is 10.2 Å². The van der Waals surface area contributed by atoms with Crippen LogP contribution in [0.4, 0.5) is 0 Å². The number of fused-ring (bicyclic) bond motifs is 2. The molecule has 0 aliphatic heterocycles. The zero-order valence-corrected chi connectivity index (χ0v) is 16.8. The van der Waals surface area contributed by atoms with Crippen molar-refractivity contribution in [1.29, 1.82) is 0 Å². The summed E-state index contributed by atoms with van der Waals surface area (Å²) in [6, 6.07) is 4.34. The summed E-state index contributed by atoms with van der Waals surface area (Å²) >= 11 is 0. The van der Waals surface area contributed by atoms with Crippen LogP contribution >= 0.6 is 0 Å². The van der Waals surface area contributed by atoms with Gasteiger partial charge in [0.05, 0.1) is 0 Å². The SMILES string of the molecule is CCC1(C)c2cc(C)c(O)c(C)c2C(C)(C)c2c1cc(C)c(O)c2C. The molecule has 2 heteroatoms. The van der Waals surface area contributed by atoms with Gasteiger partial charge in [-0.15, -0.1) is 0 Å². The molecule has 0 amide bonds. The number of phenols is 2. The van der Waals surface area contributed by atoms with Crippen LogP contribution in [0.1, 0.15) is 78.6 Å². The predicted octanol–water partition coefficient (Wildman–Crippen LogP) is 5.69. The first kappa shape index (κ1) is 17.8. The number of phenolic OH excluding ortho intramolecular Hbond substituents is 2. The van der Waals surface area contributed by atoms with Crippen molar-refractivity contribution in [2.24, 2.45) is 0 Å². The van der Waals surface area contributed by atoms with Crippen LogP contribution in [0.2, 0.25) is 0 Å². The van der Waals surface area contributed by atoms with Crippen molar-refractivity contribution in [3.05, 3.63) is 56.6 Å². The Labute approximate surface area is 151 Å². The lowest BCUT2D eigenvalue weighted by atomic mass is 9.56. The Morgan fingerprint density at radius 3 is 1.44 bits per heavy atom. The molecule has 0 heterocycles. The van der Waals surface area contributed by atoms with Gasteiger partial charge < -0.3 is 10.2 Å². The number of aryl methyl sites for hydroxylation is 2. The van der Waals surface area contributed by atoms with E-state index in [1.165, 1.54) is 22.3 Å². The summed E-state index contributed by atoms with van der Waals surface area (Å²) < 4.78 is 0. The average molecular weight is 338 g/mol. The van der Waals surface area contributed by atoms with Gasteiger partial charge in [0.15, 0.2) is 0 Å². The molecule has 2 N–H and O–H groups in total. The molecule has 1 aliphatic rings. The van der Waals surface area contributed by atoms with Crippen LogP contribution in [0.15, 0.2) is 12.1 Å². The fourth-order valence-corrected chi connectivity index (χ4v) is 5.08. The standard InChI is InChI=1S/C23H30O2/c1-9-23(8)16-10-12(2)20(24)14(4)18(16)22(6,7)19-15(5)21(25)13(3)11-17(19)23/h10-11,24-25H,9H2,1-8H3. The lowest BCUT2D eigenvalue weighted by molar-refractivity contribution is 0.435. The lowest BCUT2D eigenvalue weighted by Crippen LogP contribution is -2.39. The van der Waals surface area contributed by atoms with Crippen LogP contribution in [0.3, 0.4) is 0 Å². The quantitative estimate of drug-likeness (QED) is 0.701. The van der Waals surface area contributed by atoms with E-state index in [4.69, 9.17) is 0 Å². The van der Waals surface area contributed by atoms with E-state index in [0.29, 0.717) is 11.5 Å². The van der Waals surface area contributed by atoms with Crippen LogP contribution < -0.4 is 0 Å². The summed E-state index contributed by atoms with van der Waals surface area (Å²) in [6.07, 6.45) is 0.969. The molecule has 2 aromatic rings. The van der Waals surface area contributed by atoms with Gasteiger partial charge >= 0.3 is 0 Å². The highest BCUT2D eigenvalue weighted by Crippen LogP contribution is 2.56. The number of hydrogen-bond donors (Lipinski definition) is 2. The smallest absolute Gasteiger partial charge is 0.121 e. The third-order valence-corrected chi connectivity index (χ3v) is 6.61. The fraction of sp³-hybridized carbons (Fsp3) is 0.478. The van der Waals surface area contributed by atoms with Gasteiger partial charge in [-0.3, -0.25) is 0 Å². The van der Waals surface area contributed by atoms with E-state index in [2.05, 4.69) is 39.8 Å². The summed E-state index contributed by atoms with van der Waals surface area (Å²) in [6.45, 7) is 16.9. The summed E-state index contributed by atoms with van der Waals surface area (Å²) in [5, 5.41) is 21.2. The second kappa shape index (κ2) is 5.27. The Morgan fingerprint density at radius 2 is 1.12 bits per heavy atom. The van der Waals surface area contributed by atoms with Crippen LogP contribution in [0.5, 0.6) is 11.5 Å². The largest absolute Gasteiger partial charge is 0.507 e. The minimum Gasteiger partial charge on any atom is -0.507 e. The Kier molecular flexibility index (Phi) is 3.76. The van der Waals surface area contributed by atoms with Gasteiger partial charge in [0.25, 0.3) is 0 Å². The lowest BCUT2D eigenvalue weighted by Gasteiger charge is -2.47. The molecule has 0 saturated carbocycles. The van der Waals surface area contributed by atoms with E-state index in [0.717, 1.165) is 28.7 Å². The molecule has 25 heavy (non-hydrogen) atoms. The van der Waals surface area contributed by atoms with Crippen LogP contribution in [0, 0.1) is 27.7 Å². The zero-order chi connectivity index (χ0) is 18.9. The maximum Gasteiger partial charge on any atom is 0.121 e. The number of rotatable bonds is 1. The van der Waals surface area contributed by atoms with Crippen LogP contribution in [-0.2, 0) is 10.8 Å². The highest BCUT2D eigenvalue weighted by atomic mass is 16.3. The molecule has 134 valence electrons. The number of aromatic hydroxyl groups is 2. The molecule has 1 aliphatic carbocycles. The van der Waals surface area contributed by atoms with Crippen molar-refractivity contribution in [3.63, 3.8) is 0 Å². The fourth-order valence-electron chi connectivity index (χ4n) is 5.08. The maximum atomic E-state index is 10.6. The molecule has 2 aromatic carbocycles. The second-order valence-corrected chi connectivity index (χ2v) is 8.49. The highest BCUT2D eigenvalue weighted by Gasteiger charge is 2.46. The van der Waals surface area contributed by atoms with Crippen LogP contribution in [0.25, 0.3) is 0 Å². The highest BCUT2D eigenvalue weighted by molar-refractivity contribution is 5.68. The van der Waals surface area contributed by atoms with E-state index < -0.39 is 0 Å². The predicted molar refractivity (Wildman–Crippen MR) is 104 cm³/mol. The Hall–Kier alpha value is -1.96. The van der Waals surface area contributed by atoms with E-state index in [1.54, 1.807) is 0 Å². The van der Waals surface area contributed by atoms with E-state index in [-0.39, 0.29) is 10.8 Å².